The summed E-state index contributed by atoms with van der Waals surface area (Å²) in [6.07, 6.45) is 3.45. The second kappa shape index (κ2) is 4.53. The van der Waals surface area contributed by atoms with Gasteiger partial charge in [-0.2, -0.15) is 0 Å². The molecule has 2 heterocycles. The Morgan fingerprint density at radius 3 is 3.00 bits per heavy atom. The number of nitrogens with one attached hydrogen (secondary N) is 1. The van der Waals surface area contributed by atoms with Crippen LogP contribution in [0.2, 0.25) is 0 Å². The van der Waals surface area contributed by atoms with E-state index in [0.29, 0.717) is 6.61 Å². The minimum Gasteiger partial charge on any atom is -0.486 e. The molecule has 0 saturated heterocycles. The third kappa shape index (κ3) is 2.20. The molecule has 0 saturated carbocycles. The molecule has 0 radical (unpaired) electrons. The van der Waals surface area contributed by atoms with Crippen molar-refractivity contribution in [3.05, 3.63) is 60.0 Å². The van der Waals surface area contributed by atoms with E-state index in [2.05, 4.69) is 41.2 Å². The zero-order valence-corrected chi connectivity index (χ0v) is 10.2. The quantitative estimate of drug-likeness (QED) is 0.759. The highest BCUT2D eigenvalue weighted by Gasteiger charge is 2.01. The molecule has 0 fully saturated rings. The van der Waals surface area contributed by atoms with Crippen LogP contribution >= 0.6 is 0 Å². The van der Waals surface area contributed by atoms with Crippen LogP contribution in [0.15, 0.2) is 48.8 Å². The molecule has 0 aliphatic carbocycles. The Morgan fingerprint density at radius 2 is 2.17 bits per heavy atom. The van der Waals surface area contributed by atoms with Gasteiger partial charge in [0.05, 0.1) is 11.9 Å². The number of nitrogens with zero attached hydrogens (tertiary/aromatic N) is 1. The molecule has 0 aliphatic rings. The number of aromatic nitrogens is 2. The van der Waals surface area contributed by atoms with Crippen LogP contribution in [0.3, 0.4) is 0 Å². The van der Waals surface area contributed by atoms with Crippen LogP contribution in [0.1, 0.15) is 11.3 Å². The number of H-pyrrole nitrogens is 1. The molecule has 0 spiro atoms. The van der Waals surface area contributed by atoms with E-state index < -0.39 is 0 Å². The highest BCUT2D eigenvalue weighted by Crippen LogP contribution is 2.18. The summed E-state index contributed by atoms with van der Waals surface area (Å²) in [5, 5.41) is 1.21. The Morgan fingerprint density at radius 1 is 1.22 bits per heavy atom. The van der Waals surface area contributed by atoms with Crippen molar-refractivity contribution in [3.63, 3.8) is 0 Å². The third-order valence-corrected chi connectivity index (χ3v) is 2.86. The van der Waals surface area contributed by atoms with E-state index in [4.69, 9.17) is 4.74 Å². The lowest BCUT2D eigenvalue weighted by molar-refractivity contribution is 0.301. The van der Waals surface area contributed by atoms with Crippen molar-refractivity contribution < 1.29 is 4.74 Å². The molecule has 90 valence electrons. The summed E-state index contributed by atoms with van der Waals surface area (Å²) >= 11 is 0. The van der Waals surface area contributed by atoms with E-state index in [-0.39, 0.29) is 0 Å². The maximum Gasteiger partial charge on any atom is 0.138 e. The molecule has 3 heteroatoms. The standard InChI is InChI=1S/C15H14N2O/c1-11-4-5-12-8-13(17-15(12)7-11)10-18-14-3-2-6-16-9-14/h2-9,17H,10H2,1H3. The van der Waals surface area contributed by atoms with Crippen LogP contribution in [0.5, 0.6) is 5.75 Å². The molecule has 1 N–H and O–H groups in total. The summed E-state index contributed by atoms with van der Waals surface area (Å²) < 4.78 is 5.66. The lowest BCUT2D eigenvalue weighted by Crippen LogP contribution is -1.95. The lowest BCUT2D eigenvalue weighted by Gasteiger charge is -2.02. The number of fused-ring (bicyclic) bond motifs is 1. The van der Waals surface area contributed by atoms with Gasteiger partial charge < -0.3 is 9.72 Å². The van der Waals surface area contributed by atoms with E-state index in [9.17, 15) is 0 Å². The van der Waals surface area contributed by atoms with Crippen molar-refractivity contribution in [3.8, 4) is 5.75 Å². The van der Waals surface area contributed by atoms with Gasteiger partial charge in [-0.25, -0.2) is 0 Å². The van der Waals surface area contributed by atoms with E-state index in [1.54, 1.807) is 12.4 Å². The molecule has 1 aromatic carbocycles. The van der Waals surface area contributed by atoms with Gasteiger partial charge in [0.1, 0.15) is 12.4 Å². The first-order chi connectivity index (χ1) is 8.81. The summed E-state index contributed by atoms with van der Waals surface area (Å²) in [5.74, 6) is 0.785. The first-order valence-corrected chi connectivity index (χ1v) is 5.92. The zero-order valence-electron chi connectivity index (χ0n) is 10.2. The zero-order chi connectivity index (χ0) is 12.4. The molecule has 0 aliphatic heterocycles. The topological polar surface area (TPSA) is 37.9 Å². The predicted molar refractivity (Wildman–Crippen MR) is 71.6 cm³/mol. The van der Waals surface area contributed by atoms with Crippen LogP contribution < -0.4 is 4.74 Å². The molecule has 3 aromatic rings. The first-order valence-electron chi connectivity index (χ1n) is 5.92. The molecule has 0 atom stereocenters. The lowest BCUT2D eigenvalue weighted by atomic mass is 10.2. The molecule has 3 nitrogen and oxygen atoms in total. The maximum atomic E-state index is 5.66. The Balaban J connectivity index is 1.79. The minimum absolute atomic E-state index is 0.527. The van der Waals surface area contributed by atoms with Crippen molar-refractivity contribution >= 4 is 10.9 Å². The number of ether oxygens (including phenoxy) is 1. The summed E-state index contributed by atoms with van der Waals surface area (Å²) in [5.41, 5.74) is 3.48. The number of hydrogen-bond acceptors (Lipinski definition) is 2. The van der Waals surface area contributed by atoms with Gasteiger partial charge in [0.25, 0.3) is 0 Å². The number of hydrogen-bond donors (Lipinski definition) is 1. The van der Waals surface area contributed by atoms with Crippen LogP contribution in [0, 0.1) is 6.92 Å². The van der Waals surface area contributed by atoms with Gasteiger partial charge in [-0.3, -0.25) is 4.98 Å². The fraction of sp³-hybridized carbons (Fsp3) is 0.133. The third-order valence-electron chi connectivity index (χ3n) is 2.86. The van der Waals surface area contributed by atoms with Crippen molar-refractivity contribution in [1.82, 2.24) is 9.97 Å². The summed E-state index contributed by atoms with van der Waals surface area (Å²) in [6, 6.07) is 12.3. The van der Waals surface area contributed by atoms with E-state index in [0.717, 1.165) is 17.0 Å². The SMILES string of the molecule is Cc1ccc2cc(COc3cccnc3)[nH]c2c1. The van der Waals surface area contributed by atoms with Gasteiger partial charge in [-0.05, 0) is 42.1 Å². The number of benzene rings is 1. The molecule has 2 aromatic heterocycles. The molecule has 0 amide bonds. The Labute approximate surface area is 105 Å². The number of pyridine rings is 1. The van der Waals surface area contributed by atoms with Gasteiger partial charge in [0.2, 0.25) is 0 Å². The van der Waals surface area contributed by atoms with Crippen LogP contribution in [0.4, 0.5) is 0 Å². The fourth-order valence-electron chi connectivity index (χ4n) is 1.97. The highest BCUT2D eigenvalue weighted by atomic mass is 16.5. The minimum atomic E-state index is 0.527. The highest BCUT2D eigenvalue weighted by molar-refractivity contribution is 5.80. The molecule has 0 bridgehead atoms. The van der Waals surface area contributed by atoms with E-state index in [1.165, 1.54) is 10.9 Å². The Bertz CT molecular complexity index is 659. The average Bonchev–Trinajstić information content (AvgIpc) is 2.79. The van der Waals surface area contributed by atoms with Crippen molar-refractivity contribution in [2.75, 3.05) is 0 Å². The number of rotatable bonds is 3. The van der Waals surface area contributed by atoms with Crippen molar-refractivity contribution in [2.45, 2.75) is 13.5 Å². The monoisotopic (exact) mass is 238 g/mol. The van der Waals surface area contributed by atoms with Crippen molar-refractivity contribution in [2.24, 2.45) is 0 Å². The average molecular weight is 238 g/mol. The number of aryl methyl sites for hydroxylation is 1. The summed E-state index contributed by atoms with van der Waals surface area (Å²) in [4.78, 5) is 7.38. The second-order valence-electron chi connectivity index (χ2n) is 4.36. The molecule has 0 unspecified atom stereocenters. The van der Waals surface area contributed by atoms with Gasteiger partial charge >= 0.3 is 0 Å². The summed E-state index contributed by atoms with van der Waals surface area (Å²) in [6.45, 7) is 2.62. The molecule has 18 heavy (non-hydrogen) atoms. The smallest absolute Gasteiger partial charge is 0.138 e. The predicted octanol–water partition coefficient (Wildman–Crippen LogP) is 3.45. The fourth-order valence-corrected chi connectivity index (χ4v) is 1.97. The Kier molecular flexibility index (Phi) is 2.73. The van der Waals surface area contributed by atoms with Gasteiger partial charge in [0, 0.05) is 11.7 Å². The second-order valence-corrected chi connectivity index (χ2v) is 4.36. The van der Waals surface area contributed by atoms with Crippen LogP contribution in [-0.2, 0) is 6.61 Å². The largest absolute Gasteiger partial charge is 0.486 e. The van der Waals surface area contributed by atoms with Crippen LogP contribution in [-0.4, -0.2) is 9.97 Å². The first kappa shape index (κ1) is 10.8. The van der Waals surface area contributed by atoms with E-state index in [1.807, 2.05) is 12.1 Å². The van der Waals surface area contributed by atoms with Crippen LogP contribution in [0.25, 0.3) is 10.9 Å². The summed E-state index contributed by atoms with van der Waals surface area (Å²) in [7, 11) is 0. The van der Waals surface area contributed by atoms with Gasteiger partial charge in [0.15, 0.2) is 0 Å². The van der Waals surface area contributed by atoms with Gasteiger partial charge in [-0.1, -0.05) is 12.1 Å². The Hall–Kier alpha value is -2.29. The number of aromatic amines is 1. The van der Waals surface area contributed by atoms with Crippen molar-refractivity contribution in [1.29, 1.82) is 0 Å². The molecule has 3 rings (SSSR count). The molecular formula is C15H14N2O. The van der Waals surface area contributed by atoms with E-state index >= 15 is 0 Å². The van der Waals surface area contributed by atoms with Gasteiger partial charge in [-0.15, -0.1) is 0 Å². The molecular weight excluding hydrogens is 224 g/mol. The normalized spacial score (nSPS) is 10.7. The maximum absolute atomic E-state index is 5.66.